The molecule has 1 unspecified atom stereocenters. The molecule has 0 spiro atoms. The average molecular weight is 488 g/mol. The summed E-state index contributed by atoms with van der Waals surface area (Å²) in [5.74, 6) is -0.489. The molecule has 2 aromatic rings. The summed E-state index contributed by atoms with van der Waals surface area (Å²) in [6.45, 7) is 6.45. The second-order valence-corrected chi connectivity index (χ2v) is 9.85. The Hall–Kier alpha value is -2.41. The number of fused-ring (bicyclic) bond motifs is 1. The largest absolute Gasteiger partial charge is 0.337 e. The summed E-state index contributed by atoms with van der Waals surface area (Å²) in [5.41, 5.74) is 2.80. The van der Waals surface area contributed by atoms with Gasteiger partial charge >= 0.3 is 6.03 Å². The maximum absolute atomic E-state index is 13.2. The third-order valence-corrected chi connectivity index (χ3v) is 7.05. The maximum Gasteiger partial charge on any atom is 0.317 e. The van der Waals surface area contributed by atoms with Crippen molar-refractivity contribution in [1.29, 1.82) is 0 Å². The number of nitrogens with zero attached hydrogens (tertiary/aromatic N) is 2. The summed E-state index contributed by atoms with van der Waals surface area (Å²) >= 11 is 3.64. The maximum atomic E-state index is 13.2. The van der Waals surface area contributed by atoms with Gasteiger partial charge in [0.1, 0.15) is 5.82 Å². The van der Waals surface area contributed by atoms with Gasteiger partial charge in [-0.25, -0.2) is 9.18 Å². The lowest BCUT2D eigenvalue weighted by Gasteiger charge is -2.31. The molecular formula is C24H27BrFN3O2. The van der Waals surface area contributed by atoms with Crippen molar-refractivity contribution in [2.24, 2.45) is 5.41 Å². The zero-order chi connectivity index (χ0) is 22.2. The van der Waals surface area contributed by atoms with Crippen LogP contribution < -0.4 is 5.32 Å². The molecule has 0 radical (unpaired) electrons. The van der Waals surface area contributed by atoms with Gasteiger partial charge in [0.2, 0.25) is 0 Å². The van der Waals surface area contributed by atoms with Gasteiger partial charge in [0, 0.05) is 36.2 Å². The van der Waals surface area contributed by atoms with Crippen LogP contribution in [0.3, 0.4) is 0 Å². The van der Waals surface area contributed by atoms with Crippen LogP contribution in [0.5, 0.6) is 0 Å². The quantitative estimate of drug-likeness (QED) is 0.663. The molecule has 1 aliphatic heterocycles. The highest BCUT2D eigenvalue weighted by Gasteiger charge is 2.41. The molecule has 2 aromatic carbocycles. The zero-order valence-corrected chi connectivity index (χ0v) is 19.4. The number of benzene rings is 2. The minimum Gasteiger partial charge on any atom is -0.337 e. The Bertz CT molecular complexity index is 993. The number of amides is 3. The normalized spacial score (nSPS) is 20.2. The second kappa shape index (κ2) is 8.61. The molecule has 7 heteroatoms. The van der Waals surface area contributed by atoms with E-state index in [4.69, 9.17) is 0 Å². The number of hydrogen-bond acceptors (Lipinski definition) is 2. The van der Waals surface area contributed by atoms with Crippen LogP contribution in [0.25, 0.3) is 0 Å². The number of carbonyl (C=O) groups excluding carboxylic acids is 2. The van der Waals surface area contributed by atoms with Crippen molar-refractivity contribution in [2.45, 2.75) is 32.7 Å². The molecule has 3 amide bonds. The van der Waals surface area contributed by atoms with E-state index in [1.807, 2.05) is 12.1 Å². The fourth-order valence-corrected chi connectivity index (χ4v) is 5.12. The van der Waals surface area contributed by atoms with Crippen molar-refractivity contribution in [3.63, 3.8) is 0 Å². The second-order valence-electron chi connectivity index (χ2n) is 9.00. The first-order valence-electron chi connectivity index (χ1n) is 10.6. The molecule has 1 N–H and O–H groups in total. The van der Waals surface area contributed by atoms with Gasteiger partial charge in [0.05, 0.1) is 6.04 Å². The van der Waals surface area contributed by atoms with Gasteiger partial charge in [0.15, 0.2) is 0 Å². The molecule has 31 heavy (non-hydrogen) atoms. The monoisotopic (exact) mass is 487 g/mol. The van der Waals surface area contributed by atoms with Crippen molar-refractivity contribution in [1.82, 2.24) is 15.1 Å². The van der Waals surface area contributed by atoms with E-state index in [1.165, 1.54) is 29.8 Å². The van der Waals surface area contributed by atoms with E-state index in [0.29, 0.717) is 38.2 Å². The van der Waals surface area contributed by atoms with E-state index >= 15 is 0 Å². The molecule has 1 heterocycles. The number of nitrogens with one attached hydrogen (secondary N) is 1. The molecule has 0 bridgehead atoms. The Kier molecular flexibility index (Phi) is 6.06. The molecule has 2 aliphatic rings. The predicted molar refractivity (Wildman–Crippen MR) is 121 cm³/mol. The van der Waals surface area contributed by atoms with Crippen molar-refractivity contribution in [3.8, 4) is 0 Å². The molecule has 0 saturated carbocycles. The van der Waals surface area contributed by atoms with E-state index in [0.717, 1.165) is 16.5 Å². The highest BCUT2D eigenvalue weighted by Crippen LogP contribution is 2.47. The molecule has 0 aromatic heterocycles. The third kappa shape index (κ3) is 4.47. The van der Waals surface area contributed by atoms with E-state index in [2.05, 4.69) is 41.2 Å². The van der Waals surface area contributed by atoms with Gasteiger partial charge in [-0.1, -0.05) is 41.9 Å². The number of hydrogen-bond donors (Lipinski definition) is 1. The minimum atomic E-state index is -0.362. The average Bonchev–Trinajstić information content (AvgIpc) is 2.89. The Balaban J connectivity index is 1.42. The fraction of sp³-hybridized carbons (Fsp3) is 0.417. The lowest BCUT2D eigenvalue weighted by molar-refractivity contribution is 0.0762. The van der Waals surface area contributed by atoms with Crippen molar-refractivity contribution >= 4 is 27.9 Å². The summed E-state index contributed by atoms with van der Waals surface area (Å²) in [5, 5.41) is 3.25. The summed E-state index contributed by atoms with van der Waals surface area (Å²) in [6.07, 6.45) is 1.60. The molecule has 1 saturated heterocycles. The van der Waals surface area contributed by atoms with Gasteiger partial charge in [-0.2, -0.15) is 0 Å². The van der Waals surface area contributed by atoms with E-state index in [9.17, 15) is 14.0 Å². The van der Waals surface area contributed by atoms with Gasteiger partial charge in [-0.3, -0.25) is 4.79 Å². The van der Waals surface area contributed by atoms with E-state index < -0.39 is 0 Å². The van der Waals surface area contributed by atoms with Gasteiger partial charge in [-0.05, 0) is 59.7 Å². The van der Waals surface area contributed by atoms with E-state index in [1.54, 1.807) is 9.80 Å². The van der Waals surface area contributed by atoms with Crippen LogP contribution in [-0.4, -0.2) is 47.9 Å². The van der Waals surface area contributed by atoms with Crippen LogP contribution in [0, 0.1) is 11.2 Å². The molecular weight excluding hydrogens is 461 g/mol. The Labute approximate surface area is 190 Å². The molecule has 164 valence electrons. The van der Waals surface area contributed by atoms with Crippen LogP contribution >= 0.6 is 15.9 Å². The summed E-state index contributed by atoms with van der Waals surface area (Å²) in [7, 11) is 0. The van der Waals surface area contributed by atoms with E-state index in [-0.39, 0.29) is 29.2 Å². The van der Waals surface area contributed by atoms with Crippen molar-refractivity contribution in [2.75, 3.05) is 26.2 Å². The summed E-state index contributed by atoms with van der Waals surface area (Å²) in [6, 6.07) is 11.6. The lowest BCUT2D eigenvalue weighted by atomic mass is 9.85. The number of rotatable bonds is 2. The molecule has 1 aliphatic carbocycles. The minimum absolute atomic E-state index is 0.0623. The van der Waals surface area contributed by atoms with Crippen molar-refractivity contribution < 1.29 is 14.0 Å². The summed E-state index contributed by atoms with van der Waals surface area (Å²) in [4.78, 5) is 29.4. The first-order chi connectivity index (χ1) is 14.8. The Morgan fingerprint density at radius 1 is 1.03 bits per heavy atom. The molecule has 4 rings (SSSR count). The summed E-state index contributed by atoms with van der Waals surface area (Å²) < 4.78 is 14.2. The standard InChI is InChI=1S/C24H27BrFN3O2/c1-24(2)15-19-18(5-3-6-20(19)25)21(24)27-23(31)29-12-4-11-28(13-14-29)22(30)16-7-9-17(26)10-8-16/h3,5-10,21H,4,11-15H2,1-2H3,(H,27,31). The van der Waals surface area contributed by atoms with Crippen LogP contribution in [0.4, 0.5) is 9.18 Å². The van der Waals surface area contributed by atoms with Crippen LogP contribution in [0.2, 0.25) is 0 Å². The zero-order valence-electron chi connectivity index (χ0n) is 17.8. The van der Waals surface area contributed by atoms with Gasteiger partial charge < -0.3 is 15.1 Å². The number of urea groups is 1. The Morgan fingerprint density at radius 3 is 2.45 bits per heavy atom. The van der Waals surface area contributed by atoms with Crippen LogP contribution in [-0.2, 0) is 6.42 Å². The van der Waals surface area contributed by atoms with Crippen LogP contribution in [0.15, 0.2) is 46.9 Å². The van der Waals surface area contributed by atoms with Gasteiger partial charge in [-0.15, -0.1) is 0 Å². The molecule has 1 fully saturated rings. The van der Waals surface area contributed by atoms with Gasteiger partial charge in [0.25, 0.3) is 5.91 Å². The first-order valence-corrected chi connectivity index (χ1v) is 11.4. The van der Waals surface area contributed by atoms with Crippen LogP contribution in [0.1, 0.15) is 47.8 Å². The SMILES string of the molecule is CC1(C)Cc2c(Br)cccc2C1NC(=O)N1CCCN(C(=O)c2ccc(F)cc2)CC1. The number of halogens is 2. The predicted octanol–water partition coefficient (Wildman–Crippen LogP) is 4.77. The number of carbonyl (C=O) groups is 2. The van der Waals surface area contributed by atoms with Crippen molar-refractivity contribution in [3.05, 3.63) is 69.4 Å². The molecule has 5 nitrogen and oxygen atoms in total. The third-order valence-electron chi connectivity index (χ3n) is 6.31. The first kappa shape index (κ1) is 21.8. The highest BCUT2D eigenvalue weighted by atomic mass is 79.9. The Morgan fingerprint density at radius 2 is 1.71 bits per heavy atom. The smallest absolute Gasteiger partial charge is 0.317 e. The topological polar surface area (TPSA) is 52.7 Å². The lowest BCUT2D eigenvalue weighted by Crippen LogP contribution is -2.46. The fourth-order valence-electron chi connectivity index (χ4n) is 4.60. The molecule has 1 atom stereocenters. The highest BCUT2D eigenvalue weighted by molar-refractivity contribution is 9.10.